The number of fused-ring (bicyclic) bond motifs is 2. The number of nitrogens with two attached hydrogens (primary N) is 1. The average Bonchev–Trinajstić information content (AvgIpc) is 2.45. The highest BCUT2D eigenvalue weighted by Gasteiger charge is 2.20. The molecule has 20 heavy (non-hydrogen) atoms. The highest BCUT2D eigenvalue weighted by Crippen LogP contribution is 2.46. The van der Waals surface area contributed by atoms with E-state index in [4.69, 9.17) is 10.5 Å². The number of hydrogen-bond acceptors (Lipinski definition) is 5. The van der Waals surface area contributed by atoms with E-state index in [0.29, 0.717) is 17.9 Å². The molecular formula is C15H14N2O2S. The van der Waals surface area contributed by atoms with Gasteiger partial charge in [0.25, 0.3) is 0 Å². The van der Waals surface area contributed by atoms with Gasteiger partial charge in [-0.2, -0.15) is 0 Å². The van der Waals surface area contributed by atoms with E-state index in [0.717, 1.165) is 21.2 Å². The summed E-state index contributed by atoms with van der Waals surface area (Å²) in [6.07, 6.45) is 0. The molecule has 0 fully saturated rings. The summed E-state index contributed by atoms with van der Waals surface area (Å²) >= 11 is 1.60. The molecule has 3 rings (SSSR count). The van der Waals surface area contributed by atoms with Gasteiger partial charge in [0.05, 0.1) is 29.2 Å². The molecule has 2 aromatic rings. The second kappa shape index (κ2) is 5.09. The fourth-order valence-electron chi connectivity index (χ4n) is 2.10. The van der Waals surface area contributed by atoms with Crippen LogP contribution in [0.4, 0.5) is 17.1 Å². The van der Waals surface area contributed by atoms with E-state index in [-0.39, 0.29) is 5.97 Å². The molecule has 1 aliphatic rings. The lowest BCUT2D eigenvalue weighted by Crippen LogP contribution is -2.09. The van der Waals surface area contributed by atoms with Crippen molar-refractivity contribution in [2.24, 2.45) is 0 Å². The van der Waals surface area contributed by atoms with Crippen molar-refractivity contribution in [3.05, 3.63) is 42.0 Å². The van der Waals surface area contributed by atoms with Gasteiger partial charge in [0.15, 0.2) is 0 Å². The number of rotatable bonds is 2. The predicted molar refractivity (Wildman–Crippen MR) is 80.7 cm³/mol. The van der Waals surface area contributed by atoms with Gasteiger partial charge in [-0.25, -0.2) is 4.79 Å². The number of esters is 1. The molecule has 0 saturated carbocycles. The average molecular weight is 286 g/mol. The number of ether oxygens (including phenoxy) is 1. The lowest BCUT2D eigenvalue weighted by molar-refractivity contribution is 0.0526. The highest BCUT2D eigenvalue weighted by molar-refractivity contribution is 7.99. The molecule has 0 radical (unpaired) electrons. The molecule has 4 nitrogen and oxygen atoms in total. The maximum atomic E-state index is 11.8. The summed E-state index contributed by atoms with van der Waals surface area (Å²) in [4.78, 5) is 13.9. The van der Waals surface area contributed by atoms with Gasteiger partial charge in [-0.1, -0.05) is 23.9 Å². The van der Waals surface area contributed by atoms with Crippen LogP contribution in [-0.2, 0) is 4.74 Å². The van der Waals surface area contributed by atoms with Gasteiger partial charge in [-0.15, -0.1) is 0 Å². The zero-order valence-corrected chi connectivity index (χ0v) is 11.8. The standard InChI is InChI=1S/C15H14N2O2S/c1-2-19-15(18)9-7-10(16)14-13(8-9)20-12-6-4-3-5-11(12)17-14/h3-8,17H,2,16H2,1H3. The van der Waals surface area contributed by atoms with Crippen molar-refractivity contribution in [3.8, 4) is 0 Å². The molecule has 0 saturated heterocycles. The number of carbonyl (C=O) groups is 1. The van der Waals surface area contributed by atoms with E-state index >= 15 is 0 Å². The number of para-hydroxylation sites is 1. The monoisotopic (exact) mass is 286 g/mol. The molecule has 0 spiro atoms. The first-order valence-electron chi connectivity index (χ1n) is 6.33. The zero-order chi connectivity index (χ0) is 14.1. The number of anilines is 3. The minimum absolute atomic E-state index is 0.346. The number of benzene rings is 2. The summed E-state index contributed by atoms with van der Waals surface area (Å²) in [6.45, 7) is 2.14. The van der Waals surface area contributed by atoms with E-state index in [1.807, 2.05) is 30.3 Å². The summed E-state index contributed by atoms with van der Waals surface area (Å²) in [5, 5.41) is 3.31. The quantitative estimate of drug-likeness (QED) is 0.556. The van der Waals surface area contributed by atoms with Gasteiger partial charge in [-0.3, -0.25) is 0 Å². The Labute approximate surface area is 121 Å². The summed E-state index contributed by atoms with van der Waals surface area (Å²) in [5.41, 5.74) is 8.96. The van der Waals surface area contributed by atoms with E-state index in [1.54, 1.807) is 24.8 Å². The van der Waals surface area contributed by atoms with Crippen molar-refractivity contribution in [2.75, 3.05) is 17.7 Å². The Morgan fingerprint density at radius 2 is 2.10 bits per heavy atom. The smallest absolute Gasteiger partial charge is 0.338 e. The van der Waals surface area contributed by atoms with E-state index in [2.05, 4.69) is 5.32 Å². The van der Waals surface area contributed by atoms with Crippen LogP contribution in [0.1, 0.15) is 17.3 Å². The Balaban J connectivity index is 2.02. The van der Waals surface area contributed by atoms with Crippen LogP contribution in [0.15, 0.2) is 46.2 Å². The Hall–Kier alpha value is -2.14. The SMILES string of the molecule is CCOC(=O)c1cc(N)c2c(c1)Sc1ccccc1N2. The van der Waals surface area contributed by atoms with Crippen LogP contribution in [0.25, 0.3) is 0 Å². The Kier molecular flexibility index (Phi) is 3.28. The molecule has 0 unspecified atom stereocenters. The molecule has 102 valence electrons. The molecule has 5 heteroatoms. The van der Waals surface area contributed by atoms with Gasteiger partial charge < -0.3 is 15.8 Å². The van der Waals surface area contributed by atoms with Crippen molar-refractivity contribution < 1.29 is 9.53 Å². The number of carbonyl (C=O) groups excluding carboxylic acids is 1. The van der Waals surface area contributed by atoms with Gasteiger partial charge in [0.2, 0.25) is 0 Å². The Morgan fingerprint density at radius 1 is 1.30 bits per heavy atom. The third-order valence-electron chi connectivity index (χ3n) is 3.01. The van der Waals surface area contributed by atoms with E-state index in [1.165, 1.54) is 0 Å². The lowest BCUT2D eigenvalue weighted by atomic mass is 10.1. The van der Waals surface area contributed by atoms with Crippen LogP contribution in [0.3, 0.4) is 0 Å². The fraction of sp³-hybridized carbons (Fsp3) is 0.133. The maximum absolute atomic E-state index is 11.8. The van der Waals surface area contributed by atoms with Gasteiger partial charge in [0, 0.05) is 9.79 Å². The largest absolute Gasteiger partial charge is 0.462 e. The first kappa shape index (κ1) is 12.9. The topological polar surface area (TPSA) is 64.3 Å². The van der Waals surface area contributed by atoms with Crippen molar-refractivity contribution in [1.29, 1.82) is 0 Å². The molecule has 1 heterocycles. The van der Waals surface area contributed by atoms with Crippen LogP contribution in [-0.4, -0.2) is 12.6 Å². The van der Waals surface area contributed by atoms with E-state index in [9.17, 15) is 4.79 Å². The summed E-state index contributed by atoms with van der Waals surface area (Å²) in [7, 11) is 0. The third kappa shape index (κ3) is 2.20. The summed E-state index contributed by atoms with van der Waals surface area (Å²) in [5.74, 6) is -0.346. The van der Waals surface area contributed by atoms with Crippen molar-refractivity contribution in [1.82, 2.24) is 0 Å². The van der Waals surface area contributed by atoms with Crippen LogP contribution in [0.5, 0.6) is 0 Å². The molecule has 0 aromatic heterocycles. The van der Waals surface area contributed by atoms with Crippen LogP contribution in [0.2, 0.25) is 0 Å². The van der Waals surface area contributed by atoms with Crippen LogP contribution < -0.4 is 11.1 Å². The zero-order valence-electron chi connectivity index (χ0n) is 11.0. The summed E-state index contributed by atoms with van der Waals surface area (Å²) in [6, 6.07) is 11.5. The highest BCUT2D eigenvalue weighted by atomic mass is 32.2. The predicted octanol–water partition coefficient (Wildman–Crippen LogP) is 3.65. The van der Waals surface area contributed by atoms with Gasteiger partial charge in [0.1, 0.15) is 0 Å². The van der Waals surface area contributed by atoms with Crippen molar-refractivity contribution in [2.45, 2.75) is 16.7 Å². The Morgan fingerprint density at radius 3 is 2.90 bits per heavy atom. The number of nitrogens with one attached hydrogen (secondary N) is 1. The second-order valence-corrected chi connectivity index (χ2v) is 5.47. The molecule has 0 amide bonds. The normalized spacial score (nSPS) is 12.1. The molecular weight excluding hydrogens is 272 g/mol. The molecule has 0 bridgehead atoms. The lowest BCUT2D eigenvalue weighted by Gasteiger charge is -2.22. The molecule has 1 aliphatic heterocycles. The third-order valence-corrected chi connectivity index (χ3v) is 4.13. The first-order chi connectivity index (χ1) is 9.69. The summed E-state index contributed by atoms with van der Waals surface area (Å²) < 4.78 is 5.02. The minimum atomic E-state index is -0.346. The van der Waals surface area contributed by atoms with E-state index < -0.39 is 0 Å². The van der Waals surface area contributed by atoms with Gasteiger partial charge in [-0.05, 0) is 31.2 Å². The van der Waals surface area contributed by atoms with Crippen molar-refractivity contribution in [3.63, 3.8) is 0 Å². The molecule has 3 N–H and O–H groups in total. The minimum Gasteiger partial charge on any atom is -0.462 e. The molecule has 0 atom stereocenters. The number of hydrogen-bond donors (Lipinski definition) is 2. The first-order valence-corrected chi connectivity index (χ1v) is 7.15. The number of nitrogen functional groups attached to an aromatic ring is 1. The van der Waals surface area contributed by atoms with Gasteiger partial charge >= 0.3 is 5.97 Å². The molecule has 2 aromatic carbocycles. The Bertz CT molecular complexity index is 686. The maximum Gasteiger partial charge on any atom is 0.338 e. The van der Waals surface area contributed by atoms with Crippen LogP contribution in [0, 0.1) is 0 Å². The van der Waals surface area contributed by atoms with Crippen LogP contribution >= 0.6 is 11.8 Å². The molecule has 0 aliphatic carbocycles. The van der Waals surface area contributed by atoms with Crippen molar-refractivity contribution >= 4 is 34.8 Å². The fourth-order valence-corrected chi connectivity index (χ4v) is 3.17. The second-order valence-electron chi connectivity index (χ2n) is 4.38.